The van der Waals surface area contributed by atoms with Crippen molar-refractivity contribution in [2.45, 2.75) is 44.3 Å². The molecule has 10 nitrogen and oxygen atoms in total. The van der Waals surface area contributed by atoms with Crippen molar-refractivity contribution < 1.29 is 14.3 Å². The Labute approximate surface area is 265 Å². The lowest BCUT2D eigenvalue weighted by atomic mass is 9.86. The highest BCUT2D eigenvalue weighted by atomic mass is 16.5. The van der Waals surface area contributed by atoms with E-state index in [1.54, 1.807) is 7.11 Å². The van der Waals surface area contributed by atoms with Crippen LogP contribution >= 0.6 is 0 Å². The van der Waals surface area contributed by atoms with Crippen LogP contribution in [0.15, 0.2) is 65.7 Å². The Morgan fingerprint density at radius 3 is 2.72 bits per heavy atom. The number of hydrogen-bond acceptors (Lipinski definition) is 6. The van der Waals surface area contributed by atoms with Gasteiger partial charge in [-0.05, 0) is 79.5 Å². The van der Waals surface area contributed by atoms with Gasteiger partial charge in [0, 0.05) is 55.2 Å². The van der Waals surface area contributed by atoms with Gasteiger partial charge in [-0.1, -0.05) is 18.2 Å². The Balaban J connectivity index is 1.14. The van der Waals surface area contributed by atoms with Crippen molar-refractivity contribution in [2.24, 2.45) is 35.5 Å². The predicted octanol–water partition coefficient (Wildman–Crippen LogP) is 4.68. The van der Waals surface area contributed by atoms with Gasteiger partial charge in [-0.25, -0.2) is 15.0 Å². The van der Waals surface area contributed by atoms with Gasteiger partial charge >= 0.3 is 0 Å². The van der Waals surface area contributed by atoms with Crippen molar-refractivity contribution in [1.29, 1.82) is 0 Å². The predicted molar refractivity (Wildman–Crippen MR) is 176 cm³/mol. The summed E-state index contributed by atoms with van der Waals surface area (Å²) in [4.78, 5) is 42.2. The lowest BCUT2D eigenvalue weighted by molar-refractivity contribution is -0.113. The van der Waals surface area contributed by atoms with Gasteiger partial charge in [0.1, 0.15) is 16.9 Å². The molecule has 2 bridgehead atoms. The number of pyridine rings is 1. The molecule has 3 unspecified atom stereocenters. The standard InChI is InChI=1S/C36H35N7O3/c1-41-33-27(14-22(16-30(33)46-2)36(45)43-18-21-9-12-28(43)32(21)37)40-35(41)29-15-20-8-11-26(39-34(20)42(29)17-19-6-7-19)23-4-3-5-25-24(23)10-13-31(44)38-25/h3-5,8,10-11,13-16,19,21,24,28,32H,6-7,9,12,17-18,37H2,1-2H3/t21?,24?,28?,32-/m1/s1. The Hall–Kier alpha value is -4.83. The number of aromatic nitrogens is 4. The van der Waals surface area contributed by atoms with Crippen molar-refractivity contribution in [1.82, 2.24) is 24.0 Å². The van der Waals surface area contributed by atoms with Crippen LogP contribution in [0.3, 0.4) is 0 Å². The van der Waals surface area contributed by atoms with E-state index in [-0.39, 0.29) is 29.8 Å². The second kappa shape index (κ2) is 10.1. The minimum absolute atomic E-state index is 0.00753. The molecule has 2 amide bonds. The van der Waals surface area contributed by atoms with Gasteiger partial charge < -0.3 is 24.5 Å². The van der Waals surface area contributed by atoms with E-state index in [9.17, 15) is 9.59 Å². The fourth-order valence-corrected chi connectivity index (χ4v) is 8.00. The molecule has 4 aromatic rings. The molecule has 2 saturated carbocycles. The summed E-state index contributed by atoms with van der Waals surface area (Å²) < 4.78 is 10.2. The molecule has 1 saturated heterocycles. The van der Waals surface area contributed by atoms with Crippen LogP contribution in [0.5, 0.6) is 5.75 Å². The fraction of sp³-hybridized carbons (Fsp3) is 0.361. The average molecular weight is 614 g/mol. The highest BCUT2D eigenvalue weighted by Crippen LogP contribution is 2.41. The molecule has 3 fully saturated rings. The number of benzene rings is 1. The maximum Gasteiger partial charge on any atom is 0.269 e. The summed E-state index contributed by atoms with van der Waals surface area (Å²) in [5, 5.41) is 1.03. The van der Waals surface area contributed by atoms with E-state index < -0.39 is 0 Å². The molecule has 5 aliphatic rings. The number of aliphatic imine (C=N–C) groups is 1. The number of nitrogens with two attached hydrogens (primary N) is 1. The lowest BCUT2D eigenvalue weighted by Crippen LogP contribution is -2.41. The van der Waals surface area contributed by atoms with Crippen LogP contribution in [-0.2, 0) is 18.4 Å². The van der Waals surface area contributed by atoms with E-state index >= 15 is 0 Å². The number of piperidine rings is 1. The Bertz CT molecular complexity index is 2110. The van der Waals surface area contributed by atoms with E-state index in [1.807, 2.05) is 48.4 Å². The fourth-order valence-electron chi connectivity index (χ4n) is 8.00. The first-order chi connectivity index (χ1) is 22.4. The third kappa shape index (κ3) is 4.16. The molecule has 46 heavy (non-hydrogen) atoms. The van der Waals surface area contributed by atoms with Crippen molar-refractivity contribution in [3.8, 4) is 17.3 Å². The number of rotatable bonds is 6. The Morgan fingerprint density at radius 1 is 1.09 bits per heavy atom. The monoisotopic (exact) mass is 613 g/mol. The molecule has 2 aliphatic heterocycles. The molecule has 0 radical (unpaired) electrons. The SMILES string of the molecule is COc1cc(C(=O)N2CC3CCC2[C@@H]3N)cc2nc(-c3cc4ccc(C5=CC=CC6=NC(=O)C=CC56)nc4n3CC3CC3)n(C)c12. The first-order valence-electron chi connectivity index (χ1n) is 16.2. The molecule has 4 atom stereocenters. The summed E-state index contributed by atoms with van der Waals surface area (Å²) in [7, 11) is 3.64. The van der Waals surface area contributed by atoms with Gasteiger partial charge in [-0.15, -0.1) is 0 Å². The first-order valence-corrected chi connectivity index (χ1v) is 16.2. The number of allylic oxidation sites excluding steroid dienone is 5. The largest absolute Gasteiger partial charge is 0.494 e. The Morgan fingerprint density at radius 2 is 1.96 bits per heavy atom. The molecule has 5 heterocycles. The topological polar surface area (TPSA) is 121 Å². The van der Waals surface area contributed by atoms with Gasteiger partial charge in [0.25, 0.3) is 11.8 Å². The van der Waals surface area contributed by atoms with Crippen LogP contribution in [0.2, 0.25) is 0 Å². The molecule has 10 heteroatoms. The normalized spacial score (nSPS) is 25.0. The quantitative estimate of drug-likeness (QED) is 0.337. The second-order valence-corrected chi connectivity index (χ2v) is 13.4. The third-order valence-corrected chi connectivity index (χ3v) is 10.6. The molecular weight excluding hydrogens is 578 g/mol. The molecule has 3 aromatic heterocycles. The summed E-state index contributed by atoms with van der Waals surface area (Å²) in [6.07, 6.45) is 13.8. The summed E-state index contributed by atoms with van der Waals surface area (Å²) in [6, 6.07) is 10.2. The number of aryl methyl sites for hydroxylation is 1. The van der Waals surface area contributed by atoms with Crippen LogP contribution < -0.4 is 10.5 Å². The molecule has 2 N–H and O–H groups in total. The maximum absolute atomic E-state index is 13.8. The molecular formula is C36H35N7O3. The summed E-state index contributed by atoms with van der Waals surface area (Å²) >= 11 is 0. The highest BCUT2D eigenvalue weighted by molar-refractivity contribution is 6.15. The number of likely N-dealkylation sites (tertiary alicyclic amines) is 1. The number of methoxy groups -OCH3 is 1. The van der Waals surface area contributed by atoms with Crippen molar-refractivity contribution in [2.75, 3.05) is 13.7 Å². The molecule has 3 aliphatic carbocycles. The van der Waals surface area contributed by atoms with E-state index in [4.69, 9.17) is 20.4 Å². The average Bonchev–Trinajstić information content (AvgIpc) is 3.47. The minimum Gasteiger partial charge on any atom is -0.494 e. The van der Waals surface area contributed by atoms with Crippen LogP contribution in [0.4, 0.5) is 0 Å². The van der Waals surface area contributed by atoms with Crippen molar-refractivity contribution >= 4 is 45.2 Å². The smallest absolute Gasteiger partial charge is 0.269 e. The van der Waals surface area contributed by atoms with Gasteiger partial charge in [-0.3, -0.25) is 9.59 Å². The van der Waals surface area contributed by atoms with Gasteiger partial charge in [0.15, 0.2) is 5.82 Å². The van der Waals surface area contributed by atoms with Crippen LogP contribution in [-0.4, -0.2) is 67.3 Å². The minimum atomic E-state index is -0.230. The zero-order chi connectivity index (χ0) is 31.3. The molecule has 232 valence electrons. The number of carbonyl (C=O) groups is 2. The second-order valence-electron chi connectivity index (χ2n) is 13.4. The number of carbonyl (C=O) groups excluding carboxylic acids is 2. The highest BCUT2D eigenvalue weighted by Gasteiger charge is 2.47. The summed E-state index contributed by atoms with van der Waals surface area (Å²) in [5.41, 5.74) is 13.1. The van der Waals surface area contributed by atoms with Crippen molar-refractivity contribution in [3.05, 3.63) is 72.0 Å². The number of hydrogen-bond donors (Lipinski definition) is 1. The van der Waals surface area contributed by atoms with E-state index in [0.717, 1.165) is 70.0 Å². The van der Waals surface area contributed by atoms with Crippen LogP contribution in [0, 0.1) is 17.8 Å². The van der Waals surface area contributed by atoms with E-state index in [2.05, 4.69) is 32.3 Å². The van der Waals surface area contributed by atoms with Crippen LogP contribution in [0.25, 0.3) is 39.2 Å². The van der Waals surface area contributed by atoms with Gasteiger partial charge in [0.2, 0.25) is 0 Å². The third-order valence-electron chi connectivity index (χ3n) is 10.6. The molecule has 0 spiro atoms. The number of dihydropyridines is 1. The lowest BCUT2D eigenvalue weighted by Gasteiger charge is -2.27. The van der Waals surface area contributed by atoms with Crippen molar-refractivity contribution in [3.63, 3.8) is 0 Å². The zero-order valence-corrected chi connectivity index (χ0v) is 25.9. The number of nitrogens with zero attached hydrogens (tertiary/aromatic N) is 6. The number of ether oxygens (including phenoxy) is 1. The van der Waals surface area contributed by atoms with Crippen LogP contribution in [0.1, 0.15) is 41.7 Å². The zero-order valence-electron chi connectivity index (χ0n) is 25.9. The molecule has 1 aromatic carbocycles. The summed E-state index contributed by atoms with van der Waals surface area (Å²) in [6.45, 7) is 1.56. The van der Waals surface area contributed by atoms with E-state index in [0.29, 0.717) is 29.7 Å². The van der Waals surface area contributed by atoms with E-state index in [1.165, 1.54) is 18.9 Å². The number of imidazole rings is 1. The maximum atomic E-state index is 13.8. The molecule has 9 rings (SSSR count). The first kappa shape index (κ1) is 27.5. The number of amides is 2. The van der Waals surface area contributed by atoms with Gasteiger partial charge in [0.05, 0.1) is 29.7 Å². The summed E-state index contributed by atoms with van der Waals surface area (Å²) in [5.74, 6) is 2.05. The van der Waals surface area contributed by atoms with Gasteiger partial charge in [-0.2, -0.15) is 0 Å². The number of fused-ring (bicyclic) bond motifs is 5. The Kier molecular flexibility index (Phi) is 6.02.